The van der Waals surface area contributed by atoms with E-state index in [0.717, 1.165) is 49.8 Å². The predicted octanol–water partition coefficient (Wildman–Crippen LogP) is 7.35. The predicted molar refractivity (Wildman–Crippen MR) is 139 cm³/mol. The molecule has 0 unspecified atom stereocenters. The molecule has 0 aliphatic heterocycles. The Balaban J connectivity index is 1.66. The zero-order valence-electron chi connectivity index (χ0n) is 21.8. The zero-order chi connectivity index (χ0) is 25.3. The van der Waals surface area contributed by atoms with Crippen LogP contribution in [-0.4, -0.2) is 0 Å². The molecule has 1 aromatic heterocycles. The monoisotopic (exact) mass is 427 g/mol. The van der Waals surface area contributed by atoms with Gasteiger partial charge in [-0.2, -0.15) is 0 Å². The molecule has 0 N–H and O–H groups in total. The van der Waals surface area contributed by atoms with Gasteiger partial charge in [-0.15, -0.1) is 5.92 Å². The highest BCUT2D eigenvalue weighted by molar-refractivity contribution is 5.83. The van der Waals surface area contributed by atoms with Gasteiger partial charge in [0.05, 0.1) is 0 Å². The average molecular weight is 428 g/mol. The lowest BCUT2D eigenvalue weighted by Gasteiger charge is -2.10. The maximum atomic E-state index is 8.12. The molecule has 1 nitrogen and oxygen atoms in total. The first-order valence-electron chi connectivity index (χ1n) is 12.5. The summed E-state index contributed by atoms with van der Waals surface area (Å²) in [5.41, 5.74) is 8.26. The van der Waals surface area contributed by atoms with Crippen molar-refractivity contribution >= 4 is 10.9 Å². The zero-order valence-corrected chi connectivity index (χ0v) is 18.8. The number of aromatic nitrogens is 1. The number of hydrogen-bond donors (Lipinski definition) is 0. The maximum absolute atomic E-state index is 8.12. The molecular weight excluding hydrogens is 398 g/mol. The van der Waals surface area contributed by atoms with Crippen molar-refractivity contribution in [2.45, 2.75) is 13.8 Å². The lowest BCUT2D eigenvalue weighted by atomic mass is 9.94. The van der Waals surface area contributed by atoms with E-state index in [1.807, 2.05) is 50.4 Å². The number of benzene rings is 4. The third kappa shape index (κ3) is 4.29. The number of hydrogen-bond acceptors (Lipinski definition) is 0. The molecule has 0 amide bonds. The van der Waals surface area contributed by atoms with Crippen LogP contribution in [0.3, 0.4) is 0 Å². The molecule has 33 heavy (non-hydrogen) atoms. The van der Waals surface area contributed by atoms with Gasteiger partial charge in [-0.1, -0.05) is 60.5 Å². The van der Waals surface area contributed by atoms with E-state index in [1.54, 1.807) is 12.1 Å². The van der Waals surface area contributed by atoms with E-state index in [-0.39, 0.29) is 0 Å². The fourth-order valence-corrected chi connectivity index (χ4v) is 4.33. The molecule has 0 aliphatic carbocycles. The number of nitrogens with zero attached hydrogens (tertiary/aromatic N) is 1. The summed E-state index contributed by atoms with van der Waals surface area (Å²) >= 11 is 0. The van der Waals surface area contributed by atoms with Crippen molar-refractivity contribution in [3.63, 3.8) is 0 Å². The van der Waals surface area contributed by atoms with Crippen LogP contribution in [0.4, 0.5) is 0 Å². The van der Waals surface area contributed by atoms with Crippen LogP contribution in [0, 0.1) is 18.7 Å². The summed E-state index contributed by atoms with van der Waals surface area (Å²) in [6.45, 7) is -0.382. The second kappa shape index (κ2) is 8.77. The van der Waals surface area contributed by atoms with Gasteiger partial charge < -0.3 is 0 Å². The van der Waals surface area contributed by atoms with E-state index < -0.39 is 6.85 Å². The average Bonchev–Trinajstić information content (AvgIpc) is 2.88. The van der Waals surface area contributed by atoms with Crippen molar-refractivity contribution < 1.29 is 8.68 Å². The molecule has 0 saturated carbocycles. The van der Waals surface area contributed by atoms with Crippen molar-refractivity contribution in [3.05, 3.63) is 114 Å². The van der Waals surface area contributed by atoms with E-state index in [4.69, 9.17) is 4.11 Å². The van der Waals surface area contributed by atoms with E-state index in [2.05, 4.69) is 71.1 Å². The second-order valence-corrected chi connectivity index (χ2v) is 8.23. The number of aryl methyl sites for hydroxylation is 2. The molecule has 5 rings (SSSR count). The highest BCUT2D eigenvalue weighted by Gasteiger charge is 2.11. The molecule has 1 heterocycles. The Kier molecular flexibility index (Phi) is 4.63. The molecule has 0 radical (unpaired) electrons. The Morgan fingerprint density at radius 2 is 1.33 bits per heavy atom. The van der Waals surface area contributed by atoms with Crippen molar-refractivity contribution in [2.24, 2.45) is 7.05 Å². The first-order chi connectivity index (χ1) is 17.3. The highest BCUT2D eigenvalue weighted by atomic mass is 14.9. The first-order valence-corrected chi connectivity index (χ1v) is 11.0. The maximum Gasteiger partial charge on any atom is 0.212 e. The van der Waals surface area contributed by atoms with E-state index in [1.165, 1.54) is 0 Å². The number of pyridine rings is 1. The summed E-state index contributed by atoms with van der Waals surface area (Å²) in [5.74, 6) is 6.07. The van der Waals surface area contributed by atoms with Gasteiger partial charge in [0.1, 0.15) is 7.05 Å². The van der Waals surface area contributed by atoms with Crippen molar-refractivity contribution in [1.29, 1.82) is 0 Å². The Morgan fingerprint density at radius 1 is 0.667 bits per heavy atom. The lowest BCUT2D eigenvalue weighted by Crippen LogP contribution is -2.28. The summed E-state index contributed by atoms with van der Waals surface area (Å²) in [7, 11) is 2.01. The van der Waals surface area contributed by atoms with Crippen LogP contribution in [0.1, 0.15) is 22.2 Å². The Hall–Kier alpha value is -4.15. The standard InChI is InChI=1S/C32H26N/c1-4-9-24-10-7-12-25(18-24)26-13-8-14-27(19-26)29-16-23(2)17-30(21-29)31-20-28-11-5-6-15-32(28)33(3)22-31/h5-8,10-22H,1-3H3/q+1/i2D3. The van der Waals surface area contributed by atoms with E-state index in [9.17, 15) is 0 Å². The van der Waals surface area contributed by atoms with Gasteiger partial charge in [-0.25, -0.2) is 4.57 Å². The van der Waals surface area contributed by atoms with E-state index >= 15 is 0 Å². The smallest absolute Gasteiger partial charge is 0.200 e. The molecule has 0 saturated heterocycles. The van der Waals surface area contributed by atoms with Gasteiger partial charge >= 0.3 is 0 Å². The molecule has 0 aliphatic rings. The first kappa shape index (κ1) is 17.4. The normalized spacial score (nSPS) is 12.4. The molecule has 158 valence electrons. The highest BCUT2D eigenvalue weighted by Crippen LogP contribution is 2.31. The van der Waals surface area contributed by atoms with E-state index in [0.29, 0.717) is 5.56 Å². The van der Waals surface area contributed by atoms with Crippen molar-refractivity contribution in [3.8, 4) is 45.2 Å². The molecule has 1 heteroatoms. The van der Waals surface area contributed by atoms with Gasteiger partial charge in [0, 0.05) is 26.7 Å². The minimum absolute atomic E-state index is 0.330. The SMILES string of the molecule is [2H]C([2H])([2H])c1cc(-c2cccc(-c3cccc(C#CC)c3)c2)cc(-c2cc3ccccc3[n+](C)c2)c1. The summed E-state index contributed by atoms with van der Waals surface area (Å²) in [4.78, 5) is 0. The Morgan fingerprint density at radius 3 is 2.12 bits per heavy atom. The number of rotatable bonds is 3. The van der Waals surface area contributed by atoms with Crippen LogP contribution in [0.25, 0.3) is 44.3 Å². The van der Waals surface area contributed by atoms with Crippen molar-refractivity contribution in [2.75, 3.05) is 0 Å². The minimum atomic E-state index is -2.21. The van der Waals surface area contributed by atoms with Crippen LogP contribution in [-0.2, 0) is 7.05 Å². The van der Waals surface area contributed by atoms with Gasteiger partial charge in [0.15, 0.2) is 6.20 Å². The largest absolute Gasteiger partial charge is 0.212 e. The van der Waals surface area contributed by atoms with Gasteiger partial charge in [-0.3, -0.25) is 0 Å². The lowest BCUT2D eigenvalue weighted by molar-refractivity contribution is -0.644. The van der Waals surface area contributed by atoms with Gasteiger partial charge in [-0.05, 0) is 83.6 Å². The molecular formula is C32H26N+. The molecule has 4 aromatic carbocycles. The molecule has 0 atom stereocenters. The van der Waals surface area contributed by atoms with Crippen LogP contribution in [0.5, 0.6) is 0 Å². The summed E-state index contributed by atoms with van der Waals surface area (Å²) < 4.78 is 26.4. The topological polar surface area (TPSA) is 3.88 Å². The van der Waals surface area contributed by atoms with Crippen LogP contribution >= 0.6 is 0 Å². The fourth-order valence-electron chi connectivity index (χ4n) is 4.33. The molecule has 0 spiro atoms. The third-order valence-corrected chi connectivity index (χ3v) is 5.89. The van der Waals surface area contributed by atoms with Gasteiger partial charge in [0.2, 0.25) is 5.52 Å². The Labute approximate surface area is 200 Å². The Bertz CT molecular complexity index is 1650. The number of para-hydroxylation sites is 1. The fraction of sp³-hybridized carbons (Fsp3) is 0.0938. The third-order valence-electron chi connectivity index (χ3n) is 5.89. The molecule has 5 aromatic rings. The molecule has 0 bridgehead atoms. The number of fused-ring (bicyclic) bond motifs is 1. The summed E-state index contributed by atoms with van der Waals surface area (Å²) in [6.07, 6.45) is 2.06. The molecule has 0 fully saturated rings. The summed E-state index contributed by atoms with van der Waals surface area (Å²) in [5, 5.41) is 1.11. The second-order valence-electron chi connectivity index (χ2n) is 8.23. The van der Waals surface area contributed by atoms with Crippen LogP contribution in [0.15, 0.2) is 103 Å². The quantitative estimate of drug-likeness (QED) is 0.209. The van der Waals surface area contributed by atoms with Crippen molar-refractivity contribution in [1.82, 2.24) is 0 Å². The summed E-state index contributed by atoms with van der Waals surface area (Å²) in [6, 6.07) is 32.4. The van der Waals surface area contributed by atoms with Gasteiger partial charge in [0.25, 0.3) is 0 Å². The minimum Gasteiger partial charge on any atom is -0.200 e. The van der Waals surface area contributed by atoms with Crippen LogP contribution < -0.4 is 4.57 Å². The van der Waals surface area contributed by atoms with Crippen LogP contribution in [0.2, 0.25) is 0 Å².